The van der Waals surface area contributed by atoms with E-state index < -0.39 is 6.10 Å². The van der Waals surface area contributed by atoms with Gasteiger partial charge in [-0.05, 0) is 56.0 Å². The van der Waals surface area contributed by atoms with Crippen LogP contribution in [-0.2, 0) is 19.5 Å². The molecule has 134 valence electrons. The van der Waals surface area contributed by atoms with Crippen molar-refractivity contribution in [1.29, 1.82) is 0 Å². The minimum Gasteiger partial charge on any atom is -0.493 e. The molecule has 0 aliphatic carbocycles. The zero-order valence-corrected chi connectivity index (χ0v) is 14.8. The van der Waals surface area contributed by atoms with Crippen molar-refractivity contribution in [1.82, 2.24) is 19.9 Å². The van der Waals surface area contributed by atoms with Crippen LogP contribution < -0.4 is 4.74 Å². The monoisotopic (exact) mass is 342 g/mol. The summed E-state index contributed by atoms with van der Waals surface area (Å²) in [6.45, 7) is 6.70. The zero-order chi connectivity index (χ0) is 17.2. The van der Waals surface area contributed by atoms with Gasteiger partial charge in [0.05, 0.1) is 18.9 Å². The molecule has 2 aromatic rings. The molecule has 4 rings (SSSR count). The van der Waals surface area contributed by atoms with Crippen LogP contribution in [0.2, 0.25) is 0 Å². The Hall–Kier alpha value is -1.92. The Morgan fingerprint density at radius 3 is 2.92 bits per heavy atom. The van der Waals surface area contributed by atoms with Crippen LogP contribution in [0, 0.1) is 5.92 Å². The van der Waals surface area contributed by atoms with E-state index in [1.54, 1.807) is 6.92 Å². The molecule has 1 aromatic carbocycles. The van der Waals surface area contributed by atoms with Crippen LogP contribution in [0.25, 0.3) is 0 Å². The molecule has 2 aliphatic rings. The molecule has 6 heteroatoms. The first kappa shape index (κ1) is 16.5. The van der Waals surface area contributed by atoms with E-state index in [2.05, 4.69) is 33.4 Å². The standard InChI is InChI=1S/C19H26N4O2/c1-14(24)18-13-23(21-20-18)12-15-4-7-22(8-5-15)11-16-2-3-19-17(10-16)6-9-25-19/h2-3,10,13-15,24H,4-9,11-12H2,1H3. The quantitative estimate of drug-likeness (QED) is 0.902. The summed E-state index contributed by atoms with van der Waals surface area (Å²) in [5.74, 6) is 1.69. The summed E-state index contributed by atoms with van der Waals surface area (Å²) in [7, 11) is 0. The van der Waals surface area contributed by atoms with Crippen LogP contribution in [0.15, 0.2) is 24.4 Å². The molecule has 0 saturated carbocycles. The average molecular weight is 342 g/mol. The van der Waals surface area contributed by atoms with Gasteiger partial charge in [-0.2, -0.15) is 0 Å². The minimum absolute atomic E-state index is 0.548. The molecule has 1 unspecified atom stereocenters. The number of hydrogen-bond acceptors (Lipinski definition) is 5. The second kappa shape index (κ2) is 7.14. The van der Waals surface area contributed by atoms with Crippen LogP contribution in [0.5, 0.6) is 5.75 Å². The second-order valence-electron chi connectivity index (χ2n) is 7.30. The average Bonchev–Trinajstić information content (AvgIpc) is 3.25. The fourth-order valence-corrected chi connectivity index (χ4v) is 3.78. The van der Waals surface area contributed by atoms with E-state index in [0.29, 0.717) is 11.6 Å². The van der Waals surface area contributed by atoms with Crippen LogP contribution in [-0.4, -0.2) is 44.7 Å². The summed E-state index contributed by atoms with van der Waals surface area (Å²) in [6, 6.07) is 6.62. The first-order valence-electron chi connectivity index (χ1n) is 9.22. The number of benzene rings is 1. The van der Waals surface area contributed by atoms with Crippen LogP contribution in [0.1, 0.15) is 42.7 Å². The molecule has 1 atom stereocenters. The maximum atomic E-state index is 9.55. The van der Waals surface area contributed by atoms with Gasteiger partial charge in [0.2, 0.25) is 0 Å². The Morgan fingerprint density at radius 1 is 1.32 bits per heavy atom. The molecular weight excluding hydrogens is 316 g/mol. The highest BCUT2D eigenvalue weighted by Gasteiger charge is 2.21. The maximum Gasteiger partial charge on any atom is 0.122 e. The van der Waals surface area contributed by atoms with Crippen LogP contribution >= 0.6 is 0 Å². The number of hydrogen-bond donors (Lipinski definition) is 1. The predicted octanol–water partition coefficient (Wildman–Crippen LogP) is 2.18. The largest absolute Gasteiger partial charge is 0.493 e. The van der Waals surface area contributed by atoms with Crippen molar-refractivity contribution in [2.75, 3.05) is 19.7 Å². The lowest BCUT2D eigenvalue weighted by atomic mass is 9.96. The number of piperidine rings is 1. The summed E-state index contributed by atoms with van der Waals surface area (Å²) in [5.41, 5.74) is 3.39. The molecule has 0 radical (unpaired) electrons. The van der Waals surface area contributed by atoms with Crippen LogP contribution in [0.4, 0.5) is 0 Å². The molecular formula is C19H26N4O2. The van der Waals surface area contributed by atoms with Gasteiger partial charge in [-0.1, -0.05) is 17.3 Å². The van der Waals surface area contributed by atoms with Gasteiger partial charge in [0, 0.05) is 19.5 Å². The molecule has 6 nitrogen and oxygen atoms in total. The van der Waals surface area contributed by atoms with Crippen molar-refractivity contribution in [2.24, 2.45) is 5.92 Å². The maximum absolute atomic E-state index is 9.55. The Morgan fingerprint density at radius 2 is 2.16 bits per heavy atom. The van der Waals surface area contributed by atoms with Crippen molar-refractivity contribution >= 4 is 0 Å². The molecule has 1 fully saturated rings. The number of fused-ring (bicyclic) bond motifs is 1. The van der Waals surface area contributed by atoms with Crippen molar-refractivity contribution in [2.45, 2.75) is 45.4 Å². The number of likely N-dealkylation sites (tertiary alicyclic amines) is 1. The summed E-state index contributed by atoms with van der Waals surface area (Å²) in [6.07, 6.45) is 4.71. The fraction of sp³-hybridized carbons (Fsp3) is 0.579. The topological polar surface area (TPSA) is 63.4 Å². The van der Waals surface area contributed by atoms with Gasteiger partial charge in [-0.15, -0.1) is 5.10 Å². The van der Waals surface area contributed by atoms with Gasteiger partial charge in [-0.3, -0.25) is 9.58 Å². The van der Waals surface area contributed by atoms with Gasteiger partial charge in [0.1, 0.15) is 11.4 Å². The SMILES string of the molecule is CC(O)c1cn(CC2CCN(Cc3ccc4c(c3)CCO4)CC2)nn1. The fourth-order valence-electron chi connectivity index (χ4n) is 3.78. The molecule has 25 heavy (non-hydrogen) atoms. The van der Waals surface area contributed by atoms with Crippen molar-refractivity contribution in [3.63, 3.8) is 0 Å². The molecule has 1 saturated heterocycles. The summed E-state index contributed by atoms with van der Waals surface area (Å²) < 4.78 is 7.47. The van der Waals surface area contributed by atoms with Crippen LogP contribution in [0.3, 0.4) is 0 Å². The number of aromatic nitrogens is 3. The van der Waals surface area contributed by atoms with Gasteiger partial charge in [0.15, 0.2) is 0 Å². The van der Waals surface area contributed by atoms with Crippen molar-refractivity contribution in [3.8, 4) is 5.75 Å². The van der Waals surface area contributed by atoms with E-state index in [9.17, 15) is 5.11 Å². The lowest BCUT2D eigenvalue weighted by molar-refractivity contribution is 0.164. The van der Waals surface area contributed by atoms with E-state index in [4.69, 9.17) is 4.74 Å². The van der Waals surface area contributed by atoms with E-state index >= 15 is 0 Å². The first-order valence-corrected chi connectivity index (χ1v) is 9.22. The van der Waals surface area contributed by atoms with Gasteiger partial charge in [-0.25, -0.2) is 0 Å². The van der Waals surface area contributed by atoms with Crippen molar-refractivity contribution < 1.29 is 9.84 Å². The highest BCUT2D eigenvalue weighted by Crippen LogP contribution is 2.27. The summed E-state index contributed by atoms with van der Waals surface area (Å²) >= 11 is 0. The molecule has 3 heterocycles. The van der Waals surface area contributed by atoms with Gasteiger partial charge in [0.25, 0.3) is 0 Å². The number of aliphatic hydroxyl groups excluding tert-OH is 1. The second-order valence-corrected chi connectivity index (χ2v) is 7.30. The third kappa shape index (κ3) is 3.85. The molecule has 0 bridgehead atoms. The first-order chi connectivity index (χ1) is 12.2. The number of nitrogens with zero attached hydrogens (tertiary/aromatic N) is 4. The van der Waals surface area contributed by atoms with E-state index in [1.807, 2.05) is 10.9 Å². The molecule has 2 aliphatic heterocycles. The highest BCUT2D eigenvalue weighted by atomic mass is 16.5. The highest BCUT2D eigenvalue weighted by molar-refractivity contribution is 5.39. The number of aliphatic hydroxyl groups is 1. The molecule has 1 N–H and O–H groups in total. The molecule has 1 aromatic heterocycles. The van der Waals surface area contributed by atoms with Gasteiger partial charge >= 0.3 is 0 Å². The van der Waals surface area contributed by atoms with E-state index in [1.165, 1.54) is 24.0 Å². The smallest absolute Gasteiger partial charge is 0.122 e. The van der Waals surface area contributed by atoms with E-state index in [0.717, 1.165) is 45.0 Å². The summed E-state index contributed by atoms with van der Waals surface area (Å²) in [5, 5.41) is 17.7. The Balaban J connectivity index is 1.28. The lowest BCUT2D eigenvalue weighted by Gasteiger charge is -2.31. The third-order valence-corrected chi connectivity index (χ3v) is 5.30. The third-order valence-electron chi connectivity index (χ3n) is 5.30. The number of ether oxygens (including phenoxy) is 1. The number of rotatable bonds is 5. The normalized spacial score (nSPS) is 19.6. The molecule has 0 amide bonds. The lowest BCUT2D eigenvalue weighted by Crippen LogP contribution is -2.34. The predicted molar refractivity (Wildman–Crippen MR) is 94.3 cm³/mol. The molecule has 0 spiro atoms. The zero-order valence-electron chi connectivity index (χ0n) is 14.8. The van der Waals surface area contributed by atoms with E-state index in [-0.39, 0.29) is 0 Å². The minimum atomic E-state index is -0.548. The Bertz CT molecular complexity index is 720. The Kier molecular flexibility index (Phi) is 4.72. The Labute approximate surface area is 148 Å². The van der Waals surface area contributed by atoms with Gasteiger partial charge < -0.3 is 9.84 Å². The van der Waals surface area contributed by atoms with Crippen molar-refractivity contribution in [3.05, 3.63) is 41.2 Å². The summed E-state index contributed by atoms with van der Waals surface area (Å²) in [4.78, 5) is 2.54.